The Hall–Kier alpha value is -1.71. The van der Waals surface area contributed by atoms with Gasteiger partial charge in [-0.05, 0) is 38.1 Å². The molecule has 16 heavy (non-hydrogen) atoms. The molecule has 0 heterocycles. The van der Waals surface area contributed by atoms with E-state index in [9.17, 15) is 4.79 Å². The van der Waals surface area contributed by atoms with Crippen LogP contribution < -0.4 is 10.6 Å². The molecule has 0 aliphatic rings. The maximum absolute atomic E-state index is 11.4. The van der Waals surface area contributed by atoms with Crippen LogP contribution in [0.3, 0.4) is 0 Å². The monoisotopic (exact) mass is 222 g/mol. The molecule has 1 aromatic carbocycles. The summed E-state index contributed by atoms with van der Waals surface area (Å²) in [6.07, 6.45) is 0. The number of likely N-dealkylation sites (N-methyl/N-ethyl adjacent to an activating group) is 1. The lowest BCUT2D eigenvalue weighted by Gasteiger charge is -2.21. The van der Waals surface area contributed by atoms with Crippen molar-refractivity contribution in [2.75, 3.05) is 30.3 Å². The Kier molecular flexibility index (Phi) is 4.64. The van der Waals surface area contributed by atoms with Gasteiger partial charge in [0, 0.05) is 17.9 Å². The third-order valence-electron chi connectivity index (χ3n) is 2.27. The van der Waals surface area contributed by atoms with Crippen LogP contribution >= 0.6 is 0 Å². The summed E-state index contributed by atoms with van der Waals surface area (Å²) < 4.78 is 4.91. The molecule has 0 atom stereocenters. The van der Waals surface area contributed by atoms with Crippen molar-refractivity contribution in [3.05, 3.63) is 24.3 Å². The number of anilines is 2. The Labute approximate surface area is 96.0 Å². The molecule has 0 saturated carbocycles. The summed E-state index contributed by atoms with van der Waals surface area (Å²) in [5, 5.41) is 0. The molecule has 4 nitrogen and oxygen atoms in total. The molecule has 0 spiro atoms. The SMILES string of the molecule is CCOC(=O)CN(CC)c1ccc(N)cc1. The van der Waals surface area contributed by atoms with E-state index in [2.05, 4.69) is 0 Å². The zero-order valence-corrected chi connectivity index (χ0v) is 9.77. The number of nitrogens with zero attached hydrogens (tertiary/aromatic N) is 1. The molecule has 1 aromatic rings. The fraction of sp³-hybridized carbons (Fsp3) is 0.417. The van der Waals surface area contributed by atoms with Crippen LogP contribution in [-0.2, 0) is 9.53 Å². The molecule has 0 saturated heterocycles. The molecule has 0 aliphatic carbocycles. The second-order valence-corrected chi connectivity index (χ2v) is 3.41. The minimum absolute atomic E-state index is 0.207. The highest BCUT2D eigenvalue weighted by atomic mass is 16.5. The normalized spacial score (nSPS) is 9.88. The van der Waals surface area contributed by atoms with Gasteiger partial charge < -0.3 is 15.4 Å². The van der Waals surface area contributed by atoms with Crippen LogP contribution in [0.5, 0.6) is 0 Å². The number of carbonyl (C=O) groups is 1. The number of nitrogen functional groups attached to an aromatic ring is 1. The van der Waals surface area contributed by atoms with Gasteiger partial charge in [0.1, 0.15) is 6.54 Å². The summed E-state index contributed by atoms with van der Waals surface area (Å²) in [6, 6.07) is 7.45. The molecule has 0 aliphatic heterocycles. The lowest BCUT2D eigenvalue weighted by molar-refractivity contribution is -0.141. The van der Waals surface area contributed by atoms with Crippen molar-refractivity contribution in [2.24, 2.45) is 0 Å². The van der Waals surface area contributed by atoms with E-state index in [0.717, 1.165) is 17.9 Å². The fourth-order valence-corrected chi connectivity index (χ4v) is 1.43. The molecule has 1 rings (SSSR count). The van der Waals surface area contributed by atoms with Gasteiger partial charge in [0.25, 0.3) is 0 Å². The van der Waals surface area contributed by atoms with Crippen molar-refractivity contribution in [2.45, 2.75) is 13.8 Å². The van der Waals surface area contributed by atoms with Crippen LogP contribution in [0.25, 0.3) is 0 Å². The number of ether oxygens (including phenoxy) is 1. The number of nitrogens with two attached hydrogens (primary N) is 1. The Balaban J connectivity index is 2.67. The summed E-state index contributed by atoms with van der Waals surface area (Å²) in [5.74, 6) is -0.207. The van der Waals surface area contributed by atoms with Crippen LogP contribution in [0.15, 0.2) is 24.3 Å². The van der Waals surface area contributed by atoms with Crippen molar-refractivity contribution in [1.29, 1.82) is 0 Å². The first-order valence-corrected chi connectivity index (χ1v) is 5.43. The Morgan fingerprint density at radius 3 is 2.44 bits per heavy atom. The third-order valence-corrected chi connectivity index (χ3v) is 2.27. The standard InChI is InChI=1S/C12H18N2O2/c1-3-14(9-12(15)16-4-2)11-7-5-10(13)6-8-11/h5-8H,3-4,9,13H2,1-2H3. The topological polar surface area (TPSA) is 55.6 Å². The van der Waals surface area contributed by atoms with Gasteiger partial charge in [-0.15, -0.1) is 0 Å². The van der Waals surface area contributed by atoms with E-state index >= 15 is 0 Å². The van der Waals surface area contributed by atoms with Gasteiger partial charge in [-0.2, -0.15) is 0 Å². The lowest BCUT2D eigenvalue weighted by atomic mass is 10.2. The molecule has 0 aromatic heterocycles. The zero-order valence-electron chi connectivity index (χ0n) is 9.77. The minimum atomic E-state index is -0.207. The highest BCUT2D eigenvalue weighted by Crippen LogP contribution is 2.15. The fourth-order valence-electron chi connectivity index (χ4n) is 1.43. The van der Waals surface area contributed by atoms with Gasteiger partial charge in [-0.1, -0.05) is 0 Å². The molecule has 4 heteroatoms. The summed E-state index contributed by atoms with van der Waals surface area (Å²) in [7, 11) is 0. The van der Waals surface area contributed by atoms with Crippen molar-refractivity contribution in [3.8, 4) is 0 Å². The molecule has 0 unspecified atom stereocenters. The molecule has 0 fully saturated rings. The highest BCUT2D eigenvalue weighted by Gasteiger charge is 2.10. The van der Waals surface area contributed by atoms with E-state index in [4.69, 9.17) is 10.5 Å². The van der Waals surface area contributed by atoms with Gasteiger partial charge in [-0.25, -0.2) is 0 Å². The lowest BCUT2D eigenvalue weighted by Crippen LogP contribution is -2.30. The van der Waals surface area contributed by atoms with Gasteiger partial charge >= 0.3 is 5.97 Å². The number of rotatable bonds is 5. The quantitative estimate of drug-likeness (QED) is 0.608. The number of esters is 1. The predicted octanol–water partition coefficient (Wildman–Crippen LogP) is 1.66. The average molecular weight is 222 g/mol. The molecule has 0 amide bonds. The van der Waals surface area contributed by atoms with Gasteiger partial charge in [-0.3, -0.25) is 4.79 Å². The van der Waals surface area contributed by atoms with Gasteiger partial charge in [0.2, 0.25) is 0 Å². The van der Waals surface area contributed by atoms with Crippen molar-refractivity contribution in [3.63, 3.8) is 0 Å². The zero-order chi connectivity index (χ0) is 12.0. The largest absolute Gasteiger partial charge is 0.465 e. The summed E-state index contributed by atoms with van der Waals surface area (Å²) in [4.78, 5) is 13.3. The highest BCUT2D eigenvalue weighted by molar-refractivity contribution is 5.76. The number of carbonyl (C=O) groups excluding carboxylic acids is 1. The van der Waals surface area contributed by atoms with E-state index in [1.807, 2.05) is 36.1 Å². The Morgan fingerprint density at radius 2 is 1.94 bits per heavy atom. The molecular formula is C12H18N2O2. The molecular weight excluding hydrogens is 204 g/mol. The van der Waals surface area contributed by atoms with Crippen LogP contribution in [0, 0.1) is 0 Å². The van der Waals surface area contributed by atoms with Crippen LogP contribution in [0.1, 0.15) is 13.8 Å². The maximum Gasteiger partial charge on any atom is 0.325 e. The first kappa shape index (κ1) is 12.4. The van der Waals surface area contributed by atoms with Crippen LogP contribution in [0.2, 0.25) is 0 Å². The van der Waals surface area contributed by atoms with E-state index in [1.54, 1.807) is 6.92 Å². The van der Waals surface area contributed by atoms with Crippen LogP contribution in [-0.4, -0.2) is 25.7 Å². The third kappa shape index (κ3) is 3.46. The van der Waals surface area contributed by atoms with Crippen LogP contribution in [0.4, 0.5) is 11.4 Å². The second-order valence-electron chi connectivity index (χ2n) is 3.41. The van der Waals surface area contributed by atoms with Gasteiger partial charge in [0.15, 0.2) is 0 Å². The van der Waals surface area contributed by atoms with Crippen molar-refractivity contribution >= 4 is 17.3 Å². The van der Waals surface area contributed by atoms with Gasteiger partial charge in [0.05, 0.1) is 6.61 Å². The maximum atomic E-state index is 11.4. The van der Waals surface area contributed by atoms with E-state index in [-0.39, 0.29) is 12.5 Å². The van der Waals surface area contributed by atoms with E-state index in [0.29, 0.717) is 6.61 Å². The smallest absolute Gasteiger partial charge is 0.325 e. The predicted molar refractivity (Wildman–Crippen MR) is 65.4 cm³/mol. The number of hydrogen-bond acceptors (Lipinski definition) is 4. The molecule has 2 N–H and O–H groups in total. The first-order chi connectivity index (χ1) is 7.67. The molecule has 88 valence electrons. The number of benzene rings is 1. The number of hydrogen-bond donors (Lipinski definition) is 1. The molecule has 0 bridgehead atoms. The Bertz CT molecular complexity index is 335. The molecule has 0 radical (unpaired) electrons. The average Bonchev–Trinajstić information content (AvgIpc) is 2.27. The first-order valence-electron chi connectivity index (χ1n) is 5.43. The minimum Gasteiger partial charge on any atom is -0.465 e. The van der Waals surface area contributed by atoms with Crippen molar-refractivity contribution < 1.29 is 9.53 Å². The summed E-state index contributed by atoms with van der Waals surface area (Å²) in [6.45, 7) is 5.24. The Morgan fingerprint density at radius 1 is 1.31 bits per heavy atom. The van der Waals surface area contributed by atoms with E-state index in [1.165, 1.54) is 0 Å². The summed E-state index contributed by atoms with van der Waals surface area (Å²) >= 11 is 0. The van der Waals surface area contributed by atoms with Crippen molar-refractivity contribution in [1.82, 2.24) is 0 Å². The second kappa shape index (κ2) is 6.00. The van der Waals surface area contributed by atoms with E-state index < -0.39 is 0 Å². The summed E-state index contributed by atoms with van der Waals surface area (Å²) in [5.41, 5.74) is 7.30.